The van der Waals surface area contributed by atoms with Crippen LogP contribution in [0, 0.1) is 5.41 Å². The van der Waals surface area contributed by atoms with Crippen LogP contribution in [0.1, 0.15) is 37.0 Å². The summed E-state index contributed by atoms with van der Waals surface area (Å²) < 4.78 is 5.63. The van der Waals surface area contributed by atoms with Gasteiger partial charge in [-0.15, -0.1) is 0 Å². The van der Waals surface area contributed by atoms with Gasteiger partial charge in [-0.3, -0.25) is 4.79 Å². The van der Waals surface area contributed by atoms with E-state index in [9.17, 15) is 4.79 Å². The number of para-hydroxylation sites is 1. The average molecular weight is 306 g/mol. The minimum absolute atomic E-state index is 0.0382. The molecule has 0 spiro atoms. The van der Waals surface area contributed by atoms with Gasteiger partial charge >= 0.3 is 0 Å². The van der Waals surface area contributed by atoms with E-state index in [0.717, 1.165) is 12.8 Å². The highest BCUT2D eigenvalue weighted by atomic mass is 32.1. The van der Waals surface area contributed by atoms with Crippen molar-refractivity contribution < 1.29 is 9.53 Å². The zero-order valence-electron chi connectivity index (χ0n) is 12.6. The molecule has 0 bridgehead atoms. The lowest BCUT2D eigenvalue weighted by molar-refractivity contribution is 0.0749. The standard InChI is InChI=1S/C16H22N2O2S/c1-16(2,15(17)21)8-5-9-18-10-11-20-13-7-4-3-6-12(13)14(18)19/h3-4,6-7H,5,8-11H2,1-2H3,(H2,17,21). The predicted molar refractivity (Wildman–Crippen MR) is 87.6 cm³/mol. The van der Waals surface area contributed by atoms with Crippen molar-refractivity contribution in [2.45, 2.75) is 26.7 Å². The van der Waals surface area contributed by atoms with Gasteiger partial charge in [-0.25, -0.2) is 0 Å². The fraction of sp³-hybridized carbons (Fsp3) is 0.500. The summed E-state index contributed by atoms with van der Waals surface area (Å²) >= 11 is 5.08. The number of rotatable bonds is 5. The van der Waals surface area contributed by atoms with E-state index < -0.39 is 0 Å². The molecule has 0 unspecified atom stereocenters. The van der Waals surface area contributed by atoms with E-state index in [1.54, 1.807) is 0 Å². The molecule has 1 amide bonds. The van der Waals surface area contributed by atoms with Gasteiger partial charge in [-0.1, -0.05) is 38.2 Å². The fourth-order valence-electron chi connectivity index (χ4n) is 2.36. The molecule has 1 aliphatic heterocycles. The van der Waals surface area contributed by atoms with Crippen molar-refractivity contribution in [1.29, 1.82) is 0 Å². The van der Waals surface area contributed by atoms with E-state index in [-0.39, 0.29) is 11.3 Å². The number of hydrogen-bond donors (Lipinski definition) is 1. The van der Waals surface area contributed by atoms with Gasteiger partial charge in [0.05, 0.1) is 17.1 Å². The number of thiocarbonyl (C=S) groups is 1. The lowest BCUT2D eigenvalue weighted by Gasteiger charge is -2.25. The highest BCUT2D eigenvalue weighted by molar-refractivity contribution is 7.80. The van der Waals surface area contributed by atoms with Gasteiger partial charge in [0.25, 0.3) is 5.91 Å². The van der Waals surface area contributed by atoms with E-state index in [4.69, 9.17) is 22.7 Å². The summed E-state index contributed by atoms with van der Waals surface area (Å²) in [7, 11) is 0. The second-order valence-electron chi connectivity index (χ2n) is 5.99. The summed E-state index contributed by atoms with van der Waals surface area (Å²) in [6.45, 7) is 5.92. The van der Waals surface area contributed by atoms with Gasteiger partial charge in [0.1, 0.15) is 12.4 Å². The molecule has 1 aromatic rings. The number of hydrogen-bond acceptors (Lipinski definition) is 3. The Balaban J connectivity index is 1.99. The summed E-state index contributed by atoms with van der Waals surface area (Å²) in [5.74, 6) is 0.713. The number of carbonyl (C=O) groups is 1. The Morgan fingerprint density at radius 2 is 2.14 bits per heavy atom. The number of amides is 1. The number of benzene rings is 1. The van der Waals surface area contributed by atoms with Crippen molar-refractivity contribution >= 4 is 23.1 Å². The molecular formula is C16H22N2O2S. The summed E-state index contributed by atoms with van der Waals surface area (Å²) in [5.41, 5.74) is 6.21. The molecule has 0 saturated heterocycles. The van der Waals surface area contributed by atoms with Gasteiger partial charge in [0.15, 0.2) is 0 Å². The molecule has 0 atom stereocenters. The van der Waals surface area contributed by atoms with Gasteiger partial charge in [-0.05, 0) is 25.0 Å². The Morgan fingerprint density at radius 1 is 1.43 bits per heavy atom. The predicted octanol–water partition coefficient (Wildman–Crippen LogP) is 2.61. The molecule has 1 heterocycles. The molecule has 1 aromatic carbocycles. The first kappa shape index (κ1) is 15.8. The zero-order valence-corrected chi connectivity index (χ0v) is 13.4. The quantitative estimate of drug-likeness (QED) is 0.850. The minimum atomic E-state index is -0.168. The maximum atomic E-state index is 12.5. The van der Waals surface area contributed by atoms with Gasteiger partial charge in [-0.2, -0.15) is 0 Å². The minimum Gasteiger partial charge on any atom is -0.491 e. The van der Waals surface area contributed by atoms with Crippen LogP contribution in [0.5, 0.6) is 5.75 Å². The molecule has 0 saturated carbocycles. The zero-order chi connectivity index (χ0) is 15.5. The van der Waals surface area contributed by atoms with Crippen molar-refractivity contribution in [2.24, 2.45) is 11.1 Å². The van der Waals surface area contributed by atoms with E-state index in [2.05, 4.69) is 0 Å². The fourth-order valence-corrected chi connectivity index (χ4v) is 2.46. The van der Waals surface area contributed by atoms with Gasteiger partial charge < -0.3 is 15.4 Å². The molecule has 1 aliphatic rings. The Morgan fingerprint density at radius 3 is 2.86 bits per heavy atom. The van der Waals surface area contributed by atoms with E-state index in [1.165, 1.54) is 0 Å². The maximum Gasteiger partial charge on any atom is 0.257 e. The summed E-state index contributed by atoms with van der Waals surface area (Å²) in [6, 6.07) is 7.40. The third-order valence-corrected chi connectivity index (χ3v) is 4.47. The Kier molecular flexibility index (Phi) is 4.83. The van der Waals surface area contributed by atoms with Crippen LogP contribution in [0.3, 0.4) is 0 Å². The molecule has 2 N–H and O–H groups in total. The van der Waals surface area contributed by atoms with Crippen molar-refractivity contribution in [3.05, 3.63) is 29.8 Å². The van der Waals surface area contributed by atoms with Crippen LogP contribution >= 0.6 is 12.2 Å². The van der Waals surface area contributed by atoms with E-state index in [0.29, 0.717) is 36.0 Å². The van der Waals surface area contributed by atoms with Gasteiger partial charge in [0.2, 0.25) is 0 Å². The number of ether oxygens (including phenoxy) is 1. The van der Waals surface area contributed by atoms with Crippen LogP contribution < -0.4 is 10.5 Å². The monoisotopic (exact) mass is 306 g/mol. The average Bonchev–Trinajstić information content (AvgIpc) is 2.59. The topological polar surface area (TPSA) is 55.6 Å². The second-order valence-corrected chi connectivity index (χ2v) is 6.43. The molecule has 5 heteroatoms. The molecule has 2 rings (SSSR count). The van der Waals surface area contributed by atoms with Crippen LogP contribution in [-0.2, 0) is 0 Å². The third-order valence-electron chi connectivity index (χ3n) is 3.92. The Hall–Kier alpha value is -1.62. The Labute approximate surface area is 131 Å². The first-order valence-electron chi connectivity index (χ1n) is 7.23. The van der Waals surface area contributed by atoms with Crippen molar-refractivity contribution in [3.8, 4) is 5.75 Å². The molecule has 0 aliphatic carbocycles. The molecule has 4 nitrogen and oxygen atoms in total. The van der Waals surface area contributed by atoms with Crippen LogP contribution in [0.2, 0.25) is 0 Å². The lowest BCUT2D eigenvalue weighted by atomic mass is 9.88. The number of fused-ring (bicyclic) bond motifs is 1. The number of carbonyl (C=O) groups excluding carboxylic acids is 1. The lowest BCUT2D eigenvalue weighted by Crippen LogP contribution is -2.35. The summed E-state index contributed by atoms with van der Waals surface area (Å²) in [5, 5.41) is 0. The van der Waals surface area contributed by atoms with Crippen LogP contribution in [0.4, 0.5) is 0 Å². The number of nitrogens with zero attached hydrogens (tertiary/aromatic N) is 1. The largest absolute Gasteiger partial charge is 0.491 e. The summed E-state index contributed by atoms with van der Waals surface area (Å²) in [6.07, 6.45) is 1.74. The smallest absolute Gasteiger partial charge is 0.257 e. The normalized spacial score (nSPS) is 15.1. The third kappa shape index (κ3) is 3.73. The molecule has 0 aromatic heterocycles. The second kappa shape index (κ2) is 6.43. The highest BCUT2D eigenvalue weighted by Gasteiger charge is 2.25. The van der Waals surface area contributed by atoms with Gasteiger partial charge in [0, 0.05) is 12.0 Å². The van der Waals surface area contributed by atoms with E-state index in [1.807, 2.05) is 43.0 Å². The van der Waals surface area contributed by atoms with Crippen LogP contribution in [0.25, 0.3) is 0 Å². The molecule has 114 valence electrons. The first-order chi connectivity index (χ1) is 9.92. The summed E-state index contributed by atoms with van der Waals surface area (Å²) in [4.78, 5) is 14.9. The van der Waals surface area contributed by atoms with Crippen molar-refractivity contribution in [3.63, 3.8) is 0 Å². The molecule has 21 heavy (non-hydrogen) atoms. The maximum absolute atomic E-state index is 12.5. The highest BCUT2D eigenvalue weighted by Crippen LogP contribution is 2.25. The Bertz CT molecular complexity index is 543. The molecular weight excluding hydrogens is 284 g/mol. The molecule has 0 radical (unpaired) electrons. The van der Waals surface area contributed by atoms with Crippen LogP contribution in [0.15, 0.2) is 24.3 Å². The van der Waals surface area contributed by atoms with E-state index >= 15 is 0 Å². The molecule has 0 fully saturated rings. The first-order valence-corrected chi connectivity index (χ1v) is 7.63. The SMILES string of the molecule is CC(C)(CCCN1CCOc2ccccc2C1=O)C(N)=S. The van der Waals surface area contributed by atoms with Crippen molar-refractivity contribution in [1.82, 2.24) is 4.90 Å². The number of nitrogens with two attached hydrogens (primary N) is 1. The van der Waals surface area contributed by atoms with Crippen molar-refractivity contribution in [2.75, 3.05) is 19.7 Å². The van der Waals surface area contributed by atoms with Crippen LogP contribution in [-0.4, -0.2) is 35.5 Å².